The van der Waals surface area contributed by atoms with Gasteiger partial charge in [0.1, 0.15) is 0 Å². The molecule has 0 saturated carbocycles. The van der Waals surface area contributed by atoms with Crippen LogP contribution in [0.15, 0.2) is 30.6 Å². The zero-order valence-corrected chi connectivity index (χ0v) is 18.1. The Labute approximate surface area is 181 Å². The Bertz CT molecular complexity index is 1190. The van der Waals surface area contributed by atoms with Crippen LogP contribution in [0.25, 0.3) is 22.5 Å². The Hall–Kier alpha value is -3.03. The van der Waals surface area contributed by atoms with Gasteiger partial charge in [-0.25, -0.2) is 4.79 Å². The molecule has 0 bridgehead atoms. The Morgan fingerprint density at radius 3 is 2.61 bits per heavy atom. The quantitative estimate of drug-likeness (QED) is 0.677. The second-order valence-corrected chi connectivity index (χ2v) is 9.14. The van der Waals surface area contributed by atoms with Crippen LogP contribution in [-0.4, -0.2) is 56.2 Å². The maximum absolute atomic E-state index is 12.3. The van der Waals surface area contributed by atoms with E-state index in [2.05, 4.69) is 25.5 Å². The number of hydrogen-bond acceptors (Lipinski definition) is 5. The van der Waals surface area contributed by atoms with E-state index in [-0.39, 0.29) is 5.54 Å². The van der Waals surface area contributed by atoms with E-state index in [4.69, 9.17) is 5.73 Å². The van der Waals surface area contributed by atoms with Crippen LogP contribution in [0.1, 0.15) is 32.9 Å². The van der Waals surface area contributed by atoms with Gasteiger partial charge in [0, 0.05) is 67.0 Å². The molecule has 160 valence electrons. The number of carbonyl (C=O) groups is 1. The number of likely N-dealkylation sites (N-methyl/N-ethyl adjacent to an activating group) is 1. The molecule has 0 amide bonds. The van der Waals surface area contributed by atoms with Crippen molar-refractivity contribution in [3.8, 4) is 22.5 Å². The van der Waals surface area contributed by atoms with Gasteiger partial charge in [-0.05, 0) is 56.1 Å². The van der Waals surface area contributed by atoms with E-state index in [9.17, 15) is 9.90 Å². The van der Waals surface area contributed by atoms with E-state index in [1.165, 1.54) is 0 Å². The summed E-state index contributed by atoms with van der Waals surface area (Å²) in [7, 11) is 4.00. The molecule has 5 rings (SSSR count). The lowest BCUT2D eigenvalue weighted by Gasteiger charge is -2.46. The molecule has 0 unspecified atom stereocenters. The van der Waals surface area contributed by atoms with Gasteiger partial charge in [0.05, 0.1) is 17.0 Å². The summed E-state index contributed by atoms with van der Waals surface area (Å²) in [6.07, 6.45) is 5.78. The number of aromatic nitrogens is 3. The maximum Gasteiger partial charge on any atom is 0.337 e. The number of rotatable bonds is 4. The van der Waals surface area contributed by atoms with Crippen molar-refractivity contribution in [2.45, 2.75) is 31.7 Å². The number of nitrogens with zero attached hydrogens (tertiary/aromatic N) is 4. The highest BCUT2D eigenvalue weighted by atomic mass is 16.4. The zero-order valence-electron chi connectivity index (χ0n) is 18.1. The molecule has 7 nitrogen and oxygen atoms in total. The van der Waals surface area contributed by atoms with E-state index in [0.717, 1.165) is 64.5 Å². The minimum absolute atomic E-state index is 0.381. The highest BCUT2D eigenvalue weighted by Crippen LogP contribution is 2.40. The molecule has 4 heterocycles. The summed E-state index contributed by atoms with van der Waals surface area (Å²) in [4.78, 5) is 23.5. The molecule has 0 spiro atoms. The Kier molecular flexibility index (Phi) is 4.50. The maximum atomic E-state index is 12.3. The molecule has 2 aliphatic rings. The van der Waals surface area contributed by atoms with Crippen molar-refractivity contribution in [3.63, 3.8) is 0 Å². The lowest BCUT2D eigenvalue weighted by atomic mass is 9.84. The first kappa shape index (κ1) is 19.9. The third-order valence-corrected chi connectivity index (χ3v) is 6.61. The van der Waals surface area contributed by atoms with E-state index < -0.39 is 5.97 Å². The van der Waals surface area contributed by atoms with Crippen molar-refractivity contribution in [1.29, 1.82) is 0 Å². The van der Waals surface area contributed by atoms with Gasteiger partial charge in [0.25, 0.3) is 0 Å². The van der Waals surface area contributed by atoms with E-state index in [1.807, 2.05) is 45.5 Å². The summed E-state index contributed by atoms with van der Waals surface area (Å²) >= 11 is 0. The Morgan fingerprint density at radius 1 is 1.19 bits per heavy atom. The number of likely N-dealkylation sites (tertiary alicyclic amines) is 1. The molecule has 1 aliphatic carbocycles. The van der Waals surface area contributed by atoms with Crippen LogP contribution in [-0.2, 0) is 26.3 Å². The van der Waals surface area contributed by atoms with Crippen molar-refractivity contribution >= 4 is 5.97 Å². The molecule has 0 atom stereocenters. The predicted octanol–water partition coefficient (Wildman–Crippen LogP) is 2.44. The number of aryl methyl sites for hydroxylation is 2. The number of nitrogens with two attached hydrogens (primary N) is 1. The fourth-order valence-electron chi connectivity index (χ4n) is 5.26. The summed E-state index contributed by atoms with van der Waals surface area (Å²) in [5.74, 6) is -0.872. The summed E-state index contributed by atoms with van der Waals surface area (Å²) in [5.41, 5.74) is 14.3. The average molecular weight is 418 g/mol. The second-order valence-electron chi connectivity index (χ2n) is 9.14. The van der Waals surface area contributed by atoms with Crippen LogP contribution < -0.4 is 5.73 Å². The van der Waals surface area contributed by atoms with Crippen molar-refractivity contribution in [3.05, 3.63) is 58.7 Å². The van der Waals surface area contributed by atoms with Gasteiger partial charge < -0.3 is 20.3 Å². The van der Waals surface area contributed by atoms with Gasteiger partial charge in [-0.15, -0.1) is 0 Å². The standard InChI is InChI=1S/C24H27N5O2/c1-14-4-5-16(11-26-14)19-8-18-15(10-27-19)6-7-17-21(23(30)31)20(29(3)22(17)18)9-24(25)12-28(2)13-24/h4-5,8,10-11H,6-7,9,12-13,25H2,1-3H3,(H,30,31). The van der Waals surface area contributed by atoms with E-state index in [1.54, 1.807) is 0 Å². The molecule has 1 aliphatic heterocycles. The number of hydrogen-bond donors (Lipinski definition) is 2. The van der Waals surface area contributed by atoms with Crippen LogP contribution in [0.4, 0.5) is 0 Å². The van der Waals surface area contributed by atoms with E-state index >= 15 is 0 Å². The number of pyridine rings is 2. The smallest absolute Gasteiger partial charge is 0.337 e. The SMILES string of the molecule is Cc1ccc(-c2cc3c(cn2)CCc2c(C(=O)O)c(CC4(N)CN(C)C4)n(C)c2-3)cn1. The van der Waals surface area contributed by atoms with Gasteiger partial charge in [-0.2, -0.15) is 0 Å². The van der Waals surface area contributed by atoms with Gasteiger partial charge in [-0.1, -0.05) is 0 Å². The fourth-order valence-corrected chi connectivity index (χ4v) is 5.26. The van der Waals surface area contributed by atoms with Crippen LogP contribution in [0.2, 0.25) is 0 Å². The largest absolute Gasteiger partial charge is 0.478 e. The lowest BCUT2D eigenvalue weighted by Crippen LogP contribution is -2.67. The number of aromatic carboxylic acids is 1. The molecular formula is C24H27N5O2. The first-order valence-electron chi connectivity index (χ1n) is 10.6. The lowest BCUT2D eigenvalue weighted by molar-refractivity contribution is 0.0690. The van der Waals surface area contributed by atoms with Crippen molar-refractivity contribution in [2.24, 2.45) is 12.8 Å². The molecule has 0 aromatic carbocycles. The topological polar surface area (TPSA) is 97.3 Å². The van der Waals surface area contributed by atoms with Crippen molar-refractivity contribution in [1.82, 2.24) is 19.4 Å². The summed E-state index contributed by atoms with van der Waals surface area (Å²) < 4.78 is 2.06. The molecule has 3 N–H and O–H groups in total. The van der Waals surface area contributed by atoms with Crippen LogP contribution in [0, 0.1) is 6.92 Å². The minimum Gasteiger partial charge on any atom is -0.478 e. The zero-order chi connectivity index (χ0) is 21.9. The van der Waals surface area contributed by atoms with Gasteiger partial charge in [0.15, 0.2) is 0 Å². The summed E-state index contributed by atoms with van der Waals surface area (Å²) in [6.45, 7) is 3.50. The highest BCUT2D eigenvalue weighted by Gasteiger charge is 2.40. The monoisotopic (exact) mass is 417 g/mol. The van der Waals surface area contributed by atoms with Crippen LogP contribution in [0.5, 0.6) is 0 Å². The summed E-state index contributed by atoms with van der Waals surface area (Å²) in [6, 6.07) is 6.07. The predicted molar refractivity (Wildman–Crippen MR) is 119 cm³/mol. The molecule has 0 radical (unpaired) electrons. The van der Waals surface area contributed by atoms with Crippen molar-refractivity contribution < 1.29 is 9.90 Å². The average Bonchev–Trinajstić information content (AvgIpc) is 2.99. The molecule has 3 aromatic rings. The van der Waals surface area contributed by atoms with Gasteiger partial charge >= 0.3 is 5.97 Å². The number of carboxylic acid groups (broad SMARTS) is 1. The number of fused-ring (bicyclic) bond motifs is 3. The van der Waals surface area contributed by atoms with Gasteiger partial charge in [0.2, 0.25) is 0 Å². The molecule has 31 heavy (non-hydrogen) atoms. The van der Waals surface area contributed by atoms with E-state index in [0.29, 0.717) is 18.4 Å². The molecule has 1 saturated heterocycles. The Morgan fingerprint density at radius 2 is 1.97 bits per heavy atom. The summed E-state index contributed by atoms with van der Waals surface area (Å²) in [5, 5.41) is 10.1. The third-order valence-electron chi connectivity index (χ3n) is 6.61. The Balaban J connectivity index is 1.64. The van der Waals surface area contributed by atoms with Crippen LogP contribution >= 0.6 is 0 Å². The van der Waals surface area contributed by atoms with Gasteiger partial charge in [-0.3, -0.25) is 9.97 Å². The normalized spacial score (nSPS) is 17.0. The highest BCUT2D eigenvalue weighted by molar-refractivity contribution is 5.95. The first-order chi connectivity index (χ1) is 14.8. The fraction of sp³-hybridized carbons (Fsp3) is 0.375. The molecule has 3 aromatic heterocycles. The molecular weight excluding hydrogens is 390 g/mol. The minimum atomic E-state index is -0.872. The number of carboxylic acids is 1. The molecule has 1 fully saturated rings. The third kappa shape index (κ3) is 3.25. The van der Waals surface area contributed by atoms with Crippen LogP contribution in [0.3, 0.4) is 0 Å². The molecule has 7 heteroatoms. The second kappa shape index (κ2) is 7.00. The van der Waals surface area contributed by atoms with Crippen molar-refractivity contribution in [2.75, 3.05) is 20.1 Å². The first-order valence-corrected chi connectivity index (χ1v) is 10.6.